The van der Waals surface area contributed by atoms with Gasteiger partial charge in [0, 0.05) is 13.1 Å². The Labute approximate surface area is 158 Å². The summed E-state index contributed by atoms with van der Waals surface area (Å²) in [5.41, 5.74) is 3.54. The molecule has 2 aromatic rings. The number of para-hydroxylation sites is 2. The van der Waals surface area contributed by atoms with Crippen LogP contribution in [-0.4, -0.2) is 38.8 Å². The van der Waals surface area contributed by atoms with Crippen molar-refractivity contribution in [1.29, 1.82) is 0 Å². The quantitative estimate of drug-likeness (QED) is 0.864. The minimum Gasteiger partial charge on any atom is -0.483 e. The molecule has 1 fully saturated rings. The summed E-state index contributed by atoms with van der Waals surface area (Å²) >= 11 is 6.40. The van der Waals surface area contributed by atoms with Gasteiger partial charge in [0.2, 0.25) is 0 Å². The molecule has 26 heavy (non-hydrogen) atoms. The van der Waals surface area contributed by atoms with Crippen molar-refractivity contribution in [3.05, 3.63) is 52.5 Å². The maximum Gasteiger partial charge on any atom is 0.262 e. The highest BCUT2D eigenvalue weighted by Crippen LogP contribution is 2.34. The molecule has 1 saturated heterocycles. The zero-order chi connectivity index (χ0) is 18.5. The third-order valence-electron chi connectivity index (χ3n) is 4.34. The molecule has 3 rings (SSSR count). The Bertz CT molecular complexity index is 768. The average molecular weight is 375 g/mol. The lowest BCUT2D eigenvalue weighted by Crippen LogP contribution is -2.37. The standard InChI is InChI=1S/C20H23ClN2O3/c1-14-5-3-6-15(2)20(14)26-13-18(24)22-17-8-4-7-16(21)19(17)23-9-11-25-12-10-23/h3-8H,9-13H2,1-2H3,(H,22,24). The molecule has 0 aliphatic carbocycles. The van der Waals surface area contributed by atoms with Crippen molar-refractivity contribution in [2.45, 2.75) is 13.8 Å². The number of ether oxygens (including phenoxy) is 2. The van der Waals surface area contributed by atoms with Gasteiger partial charge in [-0.05, 0) is 37.1 Å². The fourth-order valence-corrected chi connectivity index (χ4v) is 3.37. The number of carbonyl (C=O) groups excluding carboxylic acids is 1. The van der Waals surface area contributed by atoms with Gasteiger partial charge in [-0.1, -0.05) is 35.9 Å². The van der Waals surface area contributed by atoms with E-state index in [2.05, 4.69) is 10.2 Å². The van der Waals surface area contributed by atoms with Crippen LogP contribution in [0.4, 0.5) is 11.4 Å². The van der Waals surface area contributed by atoms with Crippen LogP contribution < -0.4 is 15.0 Å². The number of anilines is 2. The van der Waals surface area contributed by atoms with Crippen molar-refractivity contribution in [2.24, 2.45) is 0 Å². The van der Waals surface area contributed by atoms with E-state index in [4.69, 9.17) is 21.1 Å². The van der Waals surface area contributed by atoms with E-state index in [0.29, 0.717) is 23.9 Å². The molecule has 1 aliphatic rings. The fourth-order valence-electron chi connectivity index (χ4n) is 3.08. The summed E-state index contributed by atoms with van der Waals surface area (Å²) in [6, 6.07) is 11.4. The number of halogens is 1. The molecule has 0 radical (unpaired) electrons. The molecule has 6 heteroatoms. The predicted molar refractivity (Wildman–Crippen MR) is 105 cm³/mol. The second-order valence-corrected chi connectivity index (χ2v) is 6.70. The Morgan fingerprint density at radius 1 is 1.15 bits per heavy atom. The van der Waals surface area contributed by atoms with Crippen molar-refractivity contribution in [1.82, 2.24) is 0 Å². The third kappa shape index (κ3) is 4.29. The topological polar surface area (TPSA) is 50.8 Å². The molecule has 1 heterocycles. The molecule has 1 amide bonds. The second-order valence-electron chi connectivity index (χ2n) is 6.29. The van der Waals surface area contributed by atoms with E-state index in [1.165, 1.54) is 0 Å². The van der Waals surface area contributed by atoms with Crippen LogP contribution in [0.3, 0.4) is 0 Å². The Morgan fingerprint density at radius 2 is 1.81 bits per heavy atom. The maximum atomic E-state index is 12.4. The molecule has 5 nitrogen and oxygen atoms in total. The number of carbonyl (C=O) groups is 1. The van der Waals surface area contributed by atoms with Gasteiger partial charge in [0.25, 0.3) is 5.91 Å². The Hall–Kier alpha value is -2.24. The van der Waals surface area contributed by atoms with E-state index in [1.54, 1.807) is 0 Å². The SMILES string of the molecule is Cc1cccc(C)c1OCC(=O)Nc1cccc(Cl)c1N1CCOCC1. The van der Waals surface area contributed by atoms with Gasteiger partial charge in [0.1, 0.15) is 5.75 Å². The highest BCUT2D eigenvalue weighted by Gasteiger charge is 2.19. The van der Waals surface area contributed by atoms with Crippen molar-refractivity contribution in [3.63, 3.8) is 0 Å². The van der Waals surface area contributed by atoms with Gasteiger partial charge in [-0.3, -0.25) is 4.79 Å². The van der Waals surface area contributed by atoms with Gasteiger partial charge in [-0.25, -0.2) is 0 Å². The van der Waals surface area contributed by atoms with Gasteiger partial charge in [-0.15, -0.1) is 0 Å². The van der Waals surface area contributed by atoms with E-state index in [1.807, 2.05) is 50.2 Å². The summed E-state index contributed by atoms with van der Waals surface area (Å²) in [7, 11) is 0. The van der Waals surface area contributed by atoms with Crippen LogP contribution in [0, 0.1) is 13.8 Å². The summed E-state index contributed by atoms with van der Waals surface area (Å²) in [5, 5.41) is 3.54. The van der Waals surface area contributed by atoms with Crippen LogP contribution >= 0.6 is 11.6 Å². The predicted octanol–water partition coefficient (Wildman–Crippen LogP) is 3.81. The summed E-state index contributed by atoms with van der Waals surface area (Å²) in [6.07, 6.45) is 0. The van der Waals surface area contributed by atoms with Crippen LogP contribution in [0.1, 0.15) is 11.1 Å². The first-order valence-corrected chi connectivity index (χ1v) is 9.04. The molecule has 0 aromatic heterocycles. The van der Waals surface area contributed by atoms with Crippen LogP contribution in [0.2, 0.25) is 5.02 Å². The van der Waals surface area contributed by atoms with E-state index in [9.17, 15) is 4.79 Å². The number of hydrogen-bond donors (Lipinski definition) is 1. The zero-order valence-electron chi connectivity index (χ0n) is 15.0. The molecule has 0 spiro atoms. The minimum atomic E-state index is -0.218. The summed E-state index contributed by atoms with van der Waals surface area (Å²) in [6.45, 7) is 6.65. The number of nitrogens with zero attached hydrogens (tertiary/aromatic N) is 1. The first-order chi connectivity index (χ1) is 12.6. The van der Waals surface area contributed by atoms with Crippen LogP contribution in [0.25, 0.3) is 0 Å². The maximum absolute atomic E-state index is 12.4. The Balaban J connectivity index is 1.70. The molecule has 1 N–H and O–H groups in total. The molecule has 1 aliphatic heterocycles. The number of morpholine rings is 1. The third-order valence-corrected chi connectivity index (χ3v) is 4.65. The minimum absolute atomic E-state index is 0.0548. The number of aryl methyl sites for hydroxylation is 2. The van der Waals surface area contributed by atoms with Gasteiger partial charge >= 0.3 is 0 Å². The van der Waals surface area contributed by atoms with Gasteiger partial charge in [0.05, 0.1) is 29.6 Å². The molecular formula is C20H23ClN2O3. The summed E-state index contributed by atoms with van der Waals surface area (Å²) in [4.78, 5) is 14.6. The van der Waals surface area contributed by atoms with Crippen LogP contribution in [0.5, 0.6) is 5.75 Å². The van der Waals surface area contributed by atoms with Crippen LogP contribution in [0.15, 0.2) is 36.4 Å². The lowest BCUT2D eigenvalue weighted by Gasteiger charge is -2.31. The van der Waals surface area contributed by atoms with Crippen LogP contribution in [-0.2, 0) is 9.53 Å². The van der Waals surface area contributed by atoms with E-state index in [-0.39, 0.29) is 12.5 Å². The smallest absolute Gasteiger partial charge is 0.262 e. The summed E-state index contributed by atoms with van der Waals surface area (Å²) < 4.78 is 11.1. The Kier molecular flexibility index (Phi) is 6.01. The van der Waals surface area contributed by atoms with Gasteiger partial charge < -0.3 is 19.7 Å². The molecular weight excluding hydrogens is 352 g/mol. The molecule has 2 aromatic carbocycles. The largest absolute Gasteiger partial charge is 0.483 e. The van der Waals surface area contributed by atoms with Gasteiger partial charge in [-0.2, -0.15) is 0 Å². The number of benzene rings is 2. The monoisotopic (exact) mass is 374 g/mol. The van der Waals surface area contributed by atoms with Crippen molar-refractivity contribution in [3.8, 4) is 5.75 Å². The zero-order valence-corrected chi connectivity index (χ0v) is 15.8. The summed E-state index contributed by atoms with van der Waals surface area (Å²) in [5.74, 6) is 0.534. The highest BCUT2D eigenvalue weighted by molar-refractivity contribution is 6.34. The van der Waals surface area contributed by atoms with Crippen molar-refractivity contribution < 1.29 is 14.3 Å². The first kappa shape index (κ1) is 18.5. The number of amides is 1. The lowest BCUT2D eigenvalue weighted by molar-refractivity contribution is -0.118. The molecule has 0 bridgehead atoms. The Morgan fingerprint density at radius 3 is 2.50 bits per heavy atom. The normalized spacial score (nSPS) is 14.2. The number of hydrogen-bond acceptors (Lipinski definition) is 4. The average Bonchev–Trinajstić information content (AvgIpc) is 2.62. The number of rotatable bonds is 5. The van der Waals surface area contributed by atoms with E-state index in [0.717, 1.165) is 35.7 Å². The fraction of sp³-hybridized carbons (Fsp3) is 0.350. The molecule has 138 valence electrons. The number of nitrogens with one attached hydrogen (secondary N) is 1. The van der Waals surface area contributed by atoms with Gasteiger partial charge in [0.15, 0.2) is 6.61 Å². The second kappa shape index (κ2) is 8.43. The highest BCUT2D eigenvalue weighted by atomic mass is 35.5. The first-order valence-electron chi connectivity index (χ1n) is 8.66. The lowest BCUT2D eigenvalue weighted by atomic mass is 10.1. The molecule has 0 unspecified atom stereocenters. The molecule has 0 saturated carbocycles. The van der Waals surface area contributed by atoms with E-state index >= 15 is 0 Å². The molecule has 0 atom stereocenters. The van der Waals surface area contributed by atoms with Crippen molar-refractivity contribution in [2.75, 3.05) is 43.1 Å². The van der Waals surface area contributed by atoms with E-state index < -0.39 is 0 Å². The van der Waals surface area contributed by atoms with Crippen molar-refractivity contribution >= 4 is 28.9 Å².